The molecule has 0 fully saturated rings. The molecular weight excluding hydrogens is 242 g/mol. The monoisotopic (exact) mass is 265 g/mol. The van der Waals surface area contributed by atoms with Gasteiger partial charge in [0.15, 0.2) is 0 Å². The first-order valence-electron chi connectivity index (χ1n) is 6.22. The summed E-state index contributed by atoms with van der Waals surface area (Å²) in [5, 5.41) is 9.28. The molecule has 0 unspecified atom stereocenters. The molecule has 0 saturated carbocycles. The molecular formula is C14H23N3O2. The summed E-state index contributed by atoms with van der Waals surface area (Å²) in [4.78, 5) is 15.6. The van der Waals surface area contributed by atoms with E-state index in [-0.39, 0.29) is 19.1 Å². The van der Waals surface area contributed by atoms with Crippen LogP contribution >= 0.6 is 0 Å². The molecule has 0 aliphatic carbocycles. The summed E-state index contributed by atoms with van der Waals surface area (Å²) in [6.45, 7) is 4.03. The number of carbonyl (C=O) groups is 1. The van der Waals surface area contributed by atoms with Gasteiger partial charge in [-0.1, -0.05) is 0 Å². The van der Waals surface area contributed by atoms with E-state index in [1.165, 1.54) is 0 Å². The fourth-order valence-corrected chi connectivity index (χ4v) is 1.49. The van der Waals surface area contributed by atoms with Crippen molar-refractivity contribution >= 4 is 17.3 Å². The van der Waals surface area contributed by atoms with Crippen LogP contribution in [0.2, 0.25) is 0 Å². The van der Waals surface area contributed by atoms with Crippen LogP contribution in [-0.4, -0.2) is 48.7 Å². The first-order chi connectivity index (χ1) is 8.77. The number of rotatable bonds is 5. The lowest BCUT2D eigenvalue weighted by Gasteiger charge is -2.34. The van der Waals surface area contributed by atoms with Gasteiger partial charge in [-0.15, -0.1) is 0 Å². The standard InChI is InChI=1S/C14H23N3O2/c1-14(2,10-18)16(3)9-13(19)17(4)12-7-5-11(15)6-8-12/h5-8,18H,9-10,15H2,1-4H3. The molecule has 0 heterocycles. The van der Waals surface area contributed by atoms with Crippen LogP contribution in [-0.2, 0) is 4.79 Å². The van der Waals surface area contributed by atoms with Crippen molar-refractivity contribution in [3.8, 4) is 0 Å². The predicted octanol–water partition coefficient (Wildman–Crippen LogP) is 0.934. The molecule has 0 bridgehead atoms. The third-order valence-corrected chi connectivity index (χ3v) is 3.45. The maximum atomic E-state index is 12.2. The normalized spacial score (nSPS) is 11.7. The molecule has 1 aromatic rings. The van der Waals surface area contributed by atoms with Gasteiger partial charge in [-0.3, -0.25) is 9.69 Å². The van der Waals surface area contributed by atoms with Gasteiger partial charge in [0.25, 0.3) is 0 Å². The smallest absolute Gasteiger partial charge is 0.240 e. The highest BCUT2D eigenvalue weighted by molar-refractivity contribution is 5.94. The van der Waals surface area contributed by atoms with E-state index >= 15 is 0 Å². The zero-order valence-electron chi connectivity index (χ0n) is 12.1. The molecule has 0 spiro atoms. The van der Waals surface area contributed by atoms with Crippen LogP contribution in [0.15, 0.2) is 24.3 Å². The number of aliphatic hydroxyl groups is 1. The molecule has 106 valence electrons. The Kier molecular flexibility index (Phi) is 4.91. The minimum absolute atomic E-state index is 0.00235. The van der Waals surface area contributed by atoms with E-state index in [4.69, 9.17) is 5.73 Å². The highest BCUT2D eigenvalue weighted by Crippen LogP contribution is 2.16. The lowest BCUT2D eigenvalue weighted by Crippen LogP contribution is -2.49. The van der Waals surface area contributed by atoms with E-state index in [1.54, 1.807) is 24.1 Å². The number of aliphatic hydroxyl groups excluding tert-OH is 1. The van der Waals surface area contributed by atoms with Crippen LogP contribution in [0.3, 0.4) is 0 Å². The van der Waals surface area contributed by atoms with Gasteiger partial charge in [0.2, 0.25) is 5.91 Å². The molecule has 1 rings (SSSR count). The summed E-state index contributed by atoms with van der Waals surface area (Å²) >= 11 is 0. The van der Waals surface area contributed by atoms with E-state index in [9.17, 15) is 9.90 Å². The zero-order valence-corrected chi connectivity index (χ0v) is 12.1. The summed E-state index contributed by atoms with van der Waals surface area (Å²) in [7, 11) is 3.55. The largest absolute Gasteiger partial charge is 0.399 e. The molecule has 1 amide bonds. The van der Waals surface area contributed by atoms with Gasteiger partial charge >= 0.3 is 0 Å². The SMILES string of the molecule is CN(C(=O)CN(C)C(C)(C)CO)c1ccc(N)cc1. The molecule has 0 aliphatic heterocycles. The zero-order chi connectivity index (χ0) is 14.6. The molecule has 5 heteroatoms. The molecule has 3 N–H and O–H groups in total. The van der Waals surface area contributed by atoms with Crippen LogP contribution < -0.4 is 10.6 Å². The van der Waals surface area contributed by atoms with E-state index in [2.05, 4.69) is 0 Å². The topological polar surface area (TPSA) is 69.8 Å². The van der Waals surface area contributed by atoms with E-state index < -0.39 is 5.54 Å². The second kappa shape index (κ2) is 6.04. The van der Waals surface area contributed by atoms with Crippen LogP contribution in [0, 0.1) is 0 Å². The average molecular weight is 265 g/mol. The van der Waals surface area contributed by atoms with Crippen LogP contribution in [0.25, 0.3) is 0 Å². The van der Waals surface area contributed by atoms with Crippen LogP contribution in [0.1, 0.15) is 13.8 Å². The fourth-order valence-electron chi connectivity index (χ4n) is 1.49. The second-order valence-electron chi connectivity index (χ2n) is 5.37. The van der Waals surface area contributed by atoms with Crippen molar-refractivity contribution in [1.82, 2.24) is 4.90 Å². The number of hydrogen-bond acceptors (Lipinski definition) is 4. The number of carbonyl (C=O) groups excluding carboxylic acids is 1. The summed E-state index contributed by atoms with van der Waals surface area (Å²) in [5.41, 5.74) is 6.67. The maximum absolute atomic E-state index is 12.2. The first kappa shape index (κ1) is 15.5. The number of hydrogen-bond donors (Lipinski definition) is 2. The number of nitrogens with zero attached hydrogens (tertiary/aromatic N) is 2. The highest BCUT2D eigenvalue weighted by Gasteiger charge is 2.25. The molecule has 5 nitrogen and oxygen atoms in total. The van der Waals surface area contributed by atoms with Gasteiger partial charge in [0, 0.05) is 24.0 Å². The Morgan fingerprint density at radius 2 is 1.79 bits per heavy atom. The highest BCUT2D eigenvalue weighted by atomic mass is 16.3. The summed E-state index contributed by atoms with van der Waals surface area (Å²) < 4.78 is 0. The van der Waals surface area contributed by atoms with Gasteiger partial charge in [-0.2, -0.15) is 0 Å². The van der Waals surface area contributed by atoms with Crippen molar-refractivity contribution in [3.05, 3.63) is 24.3 Å². The van der Waals surface area contributed by atoms with Crippen LogP contribution in [0.5, 0.6) is 0 Å². The van der Waals surface area contributed by atoms with Gasteiger partial charge in [0.1, 0.15) is 0 Å². The van der Waals surface area contributed by atoms with Gasteiger partial charge < -0.3 is 15.7 Å². The molecule has 0 saturated heterocycles. The van der Waals surface area contributed by atoms with E-state index in [0.29, 0.717) is 5.69 Å². The van der Waals surface area contributed by atoms with Crippen molar-refractivity contribution in [2.45, 2.75) is 19.4 Å². The first-order valence-corrected chi connectivity index (χ1v) is 6.22. The Hall–Kier alpha value is -1.59. The number of anilines is 2. The quantitative estimate of drug-likeness (QED) is 0.777. The van der Waals surface area contributed by atoms with Gasteiger partial charge in [-0.25, -0.2) is 0 Å². The van der Waals surface area contributed by atoms with Crippen LogP contribution in [0.4, 0.5) is 11.4 Å². The molecule has 1 aromatic carbocycles. The van der Waals surface area contributed by atoms with Crippen molar-refractivity contribution in [3.63, 3.8) is 0 Å². The minimum Gasteiger partial charge on any atom is -0.399 e. The Balaban J connectivity index is 2.70. The molecule has 0 aliphatic rings. The average Bonchev–Trinajstić information content (AvgIpc) is 2.38. The molecule has 19 heavy (non-hydrogen) atoms. The molecule has 0 aromatic heterocycles. The molecule has 0 atom stereocenters. The van der Waals surface area contributed by atoms with Crippen molar-refractivity contribution in [2.75, 3.05) is 37.9 Å². The third-order valence-electron chi connectivity index (χ3n) is 3.45. The third kappa shape index (κ3) is 3.94. The summed E-state index contributed by atoms with van der Waals surface area (Å²) in [6.07, 6.45) is 0. The molecule has 0 radical (unpaired) electrons. The van der Waals surface area contributed by atoms with Crippen molar-refractivity contribution in [1.29, 1.82) is 0 Å². The van der Waals surface area contributed by atoms with E-state index in [1.807, 2.05) is 37.9 Å². The summed E-state index contributed by atoms with van der Waals surface area (Å²) in [5.74, 6) is -0.0335. The second-order valence-corrected chi connectivity index (χ2v) is 5.37. The minimum atomic E-state index is -0.419. The van der Waals surface area contributed by atoms with Gasteiger partial charge in [-0.05, 0) is 45.2 Å². The Morgan fingerprint density at radius 3 is 2.26 bits per heavy atom. The number of nitrogen functional groups attached to an aromatic ring is 1. The van der Waals surface area contributed by atoms with Crippen molar-refractivity contribution < 1.29 is 9.90 Å². The van der Waals surface area contributed by atoms with Crippen molar-refractivity contribution in [2.24, 2.45) is 0 Å². The van der Waals surface area contributed by atoms with Gasteiger partial charge in [0.05, 0.1) is 13.2 Å². The lowest BCUT2D eigenvalue weighted by atomic mass is 10.1. The lowest BCUT2D eigenvalue weighted by molar-refractivity contribution is -0.120. The Labute approximate surface area is 114 Å². The fraction of sp³-hybridized carbons (Fsp3) is 0.500. The number of likely N-dealkylation sites (N-methyl/N-ethyl adjacent to an activating group) is 2. The Morgan fingerprint density at radius 1 is 1.26 bits per heavy atom. The number of nitrogens with two attached hydrogens (primary N) is 1. The number of benzene rings is 1. The predicted molar refractivity (Wildman–Crippen MR) is 78.1 cm³/mol. The Bertz CT molecular complexity index is 429. The number of amides is 1. The maximum Gasteiger partial charge on any atom is 0.240 e. The van der Waals surface area contributed by atoms with E-state index in [0.717, 1.165) is 5.69 Å². The summed E-state index contributed by atoms with van der Waals surface area (Å²) in [6, 6.07) is 7.15.